The number of nitrogens with one attached hydrogen (secondary N) is 1. The topological polar surface area (TPSA) is 78.0 Å². The van der Waals surface area contributed by atoms with E-state index in [1.54, 1.807) is 47.6 Å². The number of aromatic nitrogens is 1. The molecule has 8 nitrogen and oxygen atoms in total. The van der Waals surface area contributed by atoms with Gasteiger partial charge in [0, 0.05) is 81.4 Å². The SMILES string of the molecule is Cc1ccc(NC(=O)c2ccc(CN3CCN(C)CC3)c(C(F)(F)F)c2)cc1OCC1CN(C(=O)c2cccnc2)C1. The number of halogens is 3. The molecule has 3 aromatic rings. The Morgan fingerprint density at radius 1 is 1.02 bits per heavy atom. The van der Waals surface area contributed by atoms with Gasteiger partial charge in [-0.1, -0.05) is 12.1 Å². The van der Waals surface area contributed by atoms with Crippen molar-refractivity contribution in [2.45, 2.75) is 19.6 Å². The lowest BCUT2D eigenvalue weighted by atomic mass is 10.00. The maximum absolute atomic E-state index is 14.0. The van der Waals surface area contributed by atoms with E-state index in [4.69, 9.17) is 4.74 Å². The van der Waals surface area contributed by atoms with Gasteiger partial charge in [0.15, 0.2) is 0 Å². The summed E-state index contributed by atoms with van der Waals surface area (Å²) in [5.41, 5.74) is 1.11. The summed E-state index contributed by atoms with van der Waals surface area (Å²) in [6, 6.07) is 12.4. The van der Waals surface area contributed by atoms with E-state index >= 15 is 0 Å². The molecule has 0 aliphatic carbocycles. The van der Waals surface area contributed by atoms with Gasteiger partial charge < -0.3 is 19.9 Å². The minimum Gasteiger partial charge on any atom is -0.493 e. The number of benzene rings is 2. The van der Waals surface area contributed by atoms with Crippen molar-refractivity contribution in [1.82, 2.24) is 19.7 Å². The maximum atomic E-state index is 14.0. The molecule has 0 spiro atoms. The third-order valence-electron chi connectivity index (χ3n) is 7.74. The van der Waals surface area contributed by atoms with Crippen LogP contribution < -0.4 is 10.1 Å². The standard InChI is InChI=1S/C31H34F3N5O3/c1-21-5-8-26(15-28(21)42-20-22-17-39(18-22)30(41)24-4-3-9-35-16-24)36-29(40)23-6-7-25(27(14-23)31(32,33)34)19-38-12-10-37(2)11-13-38/h3-9,14-16,22H,10-13,17-20H2,1-2H3,(H,36,40). The molecular weight excluding hydrogens is 547 g/mol. The zero-order valence-electron chi connectivity index (χ0n) is 23.7. The van der Waals surface area contributed by atoms with E-state index in [1.807, 2.05) is 18.9 Å². The number of rotatable bonds is 8. The monoisotopic (exact) mass is 581 g/mol. The first-order valence-electron chi connectivity index (χ1n) is 13.9. The first-order valence-corrected chi connectivity index (χ1v) is 13.9. The molecule has 2 fully saturated rings. The van der Waals surface area contributed by atoms with Gasteiger partial charge in [-0.3, -0.25) is 19.5 Å². The number of hydrogen-bond acceptors (Lipinski definition) is 6. The largest absolute Gasteiger partial charge is 0.493 e. The fraction of sp³-hybridized carbons (Fsp3) is 0.387. The van der Waals surface area contributed by atoms with Crippen molar-refractivity contribution in [1.29, 1.82) is 0 Å². The summed E-state index contributed by atoms with van der Waals surface area (Å²) in [6.07, 6.45) is -1.42. The molecule has 2 saturated heterocycles. The van der Waals surface area contributed by atoms with Crippen molar-refractivity contribution in [3.63, 3.8) is 0 Å². The van der Waals surface area contributed by atoms with Crippen molar-refractivity contribution in [3.05, 3.63) is 88.7 Å². The molecule has 2 aliphatic rings. The van der Waals surface area contributed by atoms with Crippen LogP contribution in [-0.4, -0.2) is 84.4 Å². The van der Waals surface area contributed by atoms with Crippen molar-refractivity contribution in [3.8, 4) is 5.75 Å². The predicted octanol–water partition coefficient (Wildman–Crippen LogP) is 4.56. The summed E-state index contributed by atoms with van der Waals surface area (Å²) < 4.78 is 47.9. The number of alkyl halides is 3. The number of piperazine rings is 1. The first-order chi connectivity index (χ1) is 20.1. The smallest absolute Gasteiger partial charge is 0.416 e. The fourth-order valence-corrected chi connectivity index (χ4v) is 5.12. The van der Waals surface area contributed by atoms with Gasteiger partial charge in [-0.25, -0.2) is 0 Å². The Morgan fingerprint density at radius 3 is 2.48 bits per heavy atom. The Morgan fingerprint density at radius 2 is 1.79 bits per heavy atom. The van der Waals surface area contributed by atoms with Gasteiger partial charge in [-0.15, -0.1) is 0 Å². The van der Waals surface area contributed by atoms with E-state index in [2.05, 4.69) is 15.2 Å². The Kier molecular flexibility index (Phi) is 8.79. The Balaban J connectivity index is 1.19. The average Bonchev–Trinajstić information content (AvgIpc) is 2.95. The molecule has 11 heteroatoms. The van der Waals surface area contributed by atoms with Crippen LogP contribution in [0.15, 0.2) is 60.9 Å². The van der Waals surface area contributed by atoms with Gasteiger partial charge in [-0.2, -0.15) is 13.2 Å². The molecule has 42 heavy (non-hydrogen) atoms. The van der Waals surface area contributed by atoms with Gasteiger partial charge in [0.2, 0.25) is 0 Å². The predicted molar refractivity (Wildman–Crippen MR) is 152 cm³/mol. The van der Waals surface area contributed by atoms with Crippen LogP contribution in [0, 0.1) is 12.8 Å². The van der Waals surface area contributed by atoms with Crippen LogP contribution in [-0.2, 0) is 12.7 Å². The van der Waals surface area contributed by atoms with Crippen molar-refractivity contribution in [2.24, 2.45) is 5.92 Å². The van der Waals surface area contributed by atoms with Crippen LogP contribution in [0.2, 0.25) is 0 Å². The number of likely N-dealkylation sites (N-methyl/N-ethyl adjacent to an activating group) is 1. The second-order valence-electron chi connectivity index (χ2n) is 11.0. The molecule has 5 rings (SSSR count). The molecule has 0 radical (unpaired) electrons. The van der Waals surface area contributed by atoms with Crippen LogP contribution in [0.4, 0.5) is 18.9 Å². The highest BCUT2D eigenvalue weighted by Crippen LogP contribution is 2.34. The number of hydrogen-bond donors (Lipinski definition) is 1. The number of ether oxygens (including phenoxy) is 1. The molecule has 0 saturated carbocycles. The van der Waals surface area contributed by atoms with E-state index in [-0.39, 0.29) is 29.5 Å². The second-order valence-corrected chi connectivity index (χ2v) is 11.0. The average molecular weight is 582 g/mol. The van der Waals surface area contributed by atoms with Gasteiger partial charge in [0.1, 0.15) is 5.75 Å². The third-order valence-corrected chi connectivity index (χ3v) is 7.74. The number of likely N-dealkylation sites (tertiary alicyclic amines) is 1. The number of anilines is 1. The number of pyridine rings is 1. The summed E-state index contributed by atoms with van der Waals surface area (Å²) in [7, 11) is 1.99. The van der Waals surface area contributed by atoms with E-state index in [0.29, 0.717) is 49.8 Å². The van der Waals surface area contributed by atoms with Gasteiger partial charge in [0.25, 0.3) is 11.8 Å². The molecule has 222 valence electrons. The maximum Gasteiger partial charge on any atom is 0.416 e. The molecular formula is C31H34F3N5O3. The van der Waals surface area contributed by atoms with Crippen LogP contribution in [0.5, 0.6) is 5.75 Å². The first kappa shape index (κ1) is 29.5. The highest BCUT2D eigenvalue weighted by Gasteiger charge is 2.35. The van der Waals surface area contributed by atoms with Crippen LogP contribution in [0.1, 0.15) is 37.4 Å². The normalized spacial score (nSPS) is 16.6. The Labute approximate surface area is 243 Å². The lowest BCUT2D eigenvalue weighted by molar-refractivity contribution is -0.138. The van der Waals surface area contributed by atoms with Crippen LogP contribution in [0.3, 0.4) is 0 Å². The molecule has 1 aromatic heterocycles. The van der Waals surface area contributed by atoms with Crippen molar-refractivity contribution < 1.29 is 27.5 Å². The molecule has 1 N–H and O–H groups in total. The van der Waals surface area contributed by atoms with Gasteiger partial charge in [0.05, 0.1) is 17.7 Å². The van der Waals surface area contributed by atoms with Crippen molar-refractivity contribution >= 4 is 17.5 Å². The molecule has 2 aliphatic heterocycles. The Bertz CT molecular complexity index is 1420. The van der Waals surface area contributed by atoms with Crippen molar-refractivity contribution in [2.75, 3.05) is 58.2 Å². The summed E-state index contributed by atoms with van der Waals surface area (Å²) >= 11 is 0. The second kappa shape index (κ2) is 12.5. The molecule has 2 amide bonds. The summed E-state index contributed by atoms with van der Waals surface area (Å²) in [4.78, 5) is 35.4. The molecule has 3 heterocycles. The number of amides is 2. The molecule has 0 bridgehead atoms. The molecule has 0 unspecified atom stereocenters. The van der Waals surface area contributed by atoms with E-state index in [1.165, 1.54) is 12.1 Å². The van der Waals surface area contributed by atoms with Gasteiger partial charge in [-0.05, 0) is 55.4 Å². The zero-order chi connectivity index (χ0) is 29.9. The lowest BCUT2D eigenvalue weighted by Crippen LogP contribution is -2.52. The number of carbonyl (C=O) groups is 2. The zero-order valence-corrected chi connectivity index (χ0v) is 23.7. The van der Waals surface area contributed by atoms with Crippen LogP contribution in [0.25, 0.3) is 0 Å². The quantitative estimate of drug-likeness (QED) is 0.421. The summed E-state index contributed by atoms with van der Waals surface area (Å²) in [5.74, 6) is 0.0167. The highest BCUT2D eigenvalue weighted by molar-refractivity contribution is 6.04. The lowest BCUT2D eigenvalue weighted by Gasteiger charge is -2.39. The van der Waals surface area contributed by atoms with Gasteiger partial charge >= 0.3 is 6.18 Å². The Hall–Kier alpha value is -3.96. The van der Waals surface area contributed by atoms with E-state index in [9.17, 15) is 22.8 Å². The molecule has 0 atom stereocenters. The summed E-state index contributed by atoms with van der Waals surface area (Å²) in [5, 5.41) is 2.70. The summed E-state index contributed by atoms with van der Waals surface area (Å²) in [6.45, 7) is 6.55. The minimum absolute atomic E-state index is 0.0683. The van der Waals surface area contributed by atoms with E-state index < -0.39 is 17.6 Å². The third kappa shape index (κ3) is 7.08. The number of aryl methyl sites for hydroxylation is 1. The number of carbonyl (C=O) groups excluding carboxylic acids is 2. The highest BCUT2D eigenvalue weighted by atomic mass is 19.4. The molecule has 2 aromatic carbocycles. The van der Waals surface area contributed by atoms with Crippen LogP contribution >= 0.6 is 0 Å². The fourth-order valence-electron chi connectivity index (χ4n) is 5.12. The van der Waals surface area contributed by atoms with E-state index in [0.717, 1.165) is 24.7 Å². The number of nitrogens with zero attached hydrogens (tertiary/aromatic N) is 4. The minimum atomic E-state index is -4.58.